The Morgan fingerprint density at radius 3 is 2.49 bits per heavy atom. The minimum absolute atomic E-state index is 0.00860. The van der Waals surface area contributed by atoms with Crippen molar-refractivity contribution >= 4 is 63.5 Å². The second kappa shape index (κ2) is 22.1. The van der Waals surface area contributed by atoms with E-state index in [0.717, 1.165) is 62.9 Å². The molecule has 432 valence electrons. The Labute approximate surface area is 468 Å². The van der Waals surface area contributed by atoms with Gasteiger partial charge in [-0.2, -0.15) is 13.6 Å². The lowest BCUT2D eigenvalue weighted by Crippen LogP contribution is -2.50. The minimum atomic E-state index is -5.71. The number of carbonyl (C=O) groups is 2. The first-order valence-corrected chi connectivity index (χ1v) is 31.9. The Bertz CT molecular complexity index is 3820. The summed E-state index contributed by atoms with van der Waals surface area (Å²) in [6.07, 6.45) is 6.01. The topological polar surface area (TPSA) is 301 Å². The normalized spacial score (nSPS) is 21.2. The largest absolute Gasteiger partial charge is 0.490 e. The number of nitrogens with two attached hydrogens (primary N) is 1. The van der Waals surface area contributed by atoms with Gasteiger partial charge < -0.3 is 49.7 Å². The van der Waals surface area contributed by atoms with Crippen LogP contribution in [0.2, 0.25) is 0 Å². The molecule has 1 saturated heterocycles. The lowest BCUT2D eigenvalue weighted by atomic mass is 9.64. The van der Waals surface area contributed by atoms with Crippen molar-refractivity contribution in [3.8, 4) is 11.8 Å². The number of nitrogens with zero attached hydrogens (tertiary/aromatic N) is 5. The van der Waals surface area contributed by atoms with Gasteiger partial charge >= 0.3 is 23.5 Å². The smallest absolute Gasteiger partial charge is 0.369 e. The Morgan fingerprint density at radius 2 is 1.75 bits per heavy atom. The maximum Gasteiger partial charge on any atom is 0.490 e. The van der Waals surface area contributed by atoms with Gasteiger partial charge in [0.1, 0.15) is 19.3 Å². The third-order valence-electron chi connectivity index (χ3n) is 16.4. The van der Waals surface area contributed by atoms with Crippen molar-refractivity contribution in [2.45, 2.75) is 129 Å². The van der Waals surface area contributed by atoms with Crippen LogP contribution in [0.1, 0.15) is 153 Å². The van der Waals surface area contributed by atoms with Crippen molar-refractivity contribution in [2.24, 2.45) is 0 Å². The number of ether oxygens (including phenoxy) is 1. The van der Waals surface area contributed by atoms with Crippen LogP contribution in [0.3, 0.4) is 0 Å². The molecule has 3 unspecified atom stereocenters. The maximum absolute atomic E-state index is 14.9. The fourth-order valence-electron chi connectivity index (χ4n) is 13.2. The van der Waals surface area contributed by atoms with Crippen LogP contribution in [-0.2, 0) is 54.6 Å². The average molecular weight is 1170 g/mol. The summed E-state index contributed by atoms with van der Waals surface area (Å²) >= 11 is 0. The fourth-order valence-corrected chi connectivity index (χ4v) is 16.3. The van der Waals surface area contributed by atoms with E-state index in [1.54, 1.807) is 11.9 Å². The zero-order chi connectivity index (χ0) is 58.1. The number of aryl methyl sites for hydroxylation is 1. The van der Waals surface area contributed by atoms with Crippen molar-refractivity contribution in [1.82, 2.24) is 29.3 Å². The number of anilines is 2. The summed E-state index contributed by atoms with van der Waals surface area (Å²) in [4.78, 5) is 89.3. The van der Waals surface area contributed by atoms with Gasteiger partial charge in [0, 0.05) is 78.9 Å². The van der Waals surface area contributed by atoms with Crippen molar-refractivity contribution < 1.29 is 60.7 Å². The van der Waals surface area contributed by atoms with Crippen molar-refractivity contribution in [3.05, 3.63) is 120 Å². The lowest BCUT2D eigenvalue weighted by molar-refractivity contribution is -0.121. The highest BCUT2D eigenvalue weighted by molar-refractivity contribution is 7.66. The summed E-state index contributed by atoms with van der Waals surface area (Å²) in [5.74, 6) is 5.51. The van der Waals surface area contributed by atoms with Gasteiger partial charge in [-0.1, -0.05) is 50.8 Å². The number of hydrogen-bond donors (Lipinski definition) is 7. The van der Waals surface area contributed by atoms with Crippen molar-refractivity contribution in [3.63, 3.8) is 0 Å². The number of hydrogen-bond acceptors (Lipinski definition) is 13. The van der Waals surface area contributed by atoms with E-state index in [1.165, 1.54) is 60.4 Å². The number of H-pyrrole nitrogens is 1. The van der Waals surface area contributed by atoms with Crippen molar-refractivity contribution in [1.29, 1.82) is 0 Å². The molecule has 0 spiro atoms. The Balaban J connectivity index is 0.841. The number of aromatic amines is 1. The first-order chi connectivity index (χ1) is 38.2. The Hall–Kier alpha value is -5.78. The summed E-state index contributed by atoms with van der Waals surface area (Å²) in [5.41, 5.74) is 17.2. The van der Waals surface area contributed by atoms with Gasteiger partial charge in [-0.3, -0.25) is 23.9 Å². The molecular formula is C56H70N8O14P3+. The van der Waals surface area contributed by atoms with E-state index in [4.69, 9.17) is 24.8 Å². The zero-order valence-corrected chi connectivity index (χ0v) is 49.2. The number of carbonyl (C=O) groups excluding carboxylic acids is 2. The molecule has 5 aliphatic rings. The number of phosphoric ester groups is 1. The minimum Gasteiger partial charge on any atom is -0.369 e. The summed E-state index contributed by atoms with van der Waals surface area (Å²) in [6.45, 7) is 16.7. The number of fused-ring (bicyclic) bond motifs is 5. The van der Waals surface area contributed by atoms with Gasteiger partial charge in [0.05, 0.1) is 30.2 Å². The summed E-state index contributed by atoms with van der Waals surface area (Å²) in [7, 11) is -14.9. The van der Waals surface area contributed by atoms with E-state index >= 15 is 0 Å². The third-order valence-corrected chi connectivity index (χ3v) is 20.2. The first kappa shape index (κ1) is 58.4. The number of amides is 2. The number of benzene rings is 3. The van der Waals surface area contributed by atoms with Gasteiger partial charge in [-0.15, -0.1) is 0 Å². The van der Waals surface area contributed by atoms with Crippen LogP contribution >= 0.6 is 23.5 Å². The molecule has 2 amide bonds. The molecular weight excluding hydrogens is 1100 g/mol. The highest BCUT2D eigenvalue weighted by Gasteiger charge is 2.44. The Kier molecular flexibility index (Phi) is 15.9. The predicted octanol–water partition coefficient (Wildman–Crippen LogP) is 5.73. The van der Waals surface area contributed by atoms with Crippen LogP contribution in [-0.4, -0.2) is 109 Å². The molecule has 0 bridgehead atoms. The van der Waals surface area contributed by atoms with Crippen LogP contribution in [0.5, 0.6) is 0 Å². The van der Waals surface area contributed by atoms with Gasteiger partial charge in [-0.05, 0) is 128 Å². The molecule has 2 aromatic heterocycles. The number of aromatic nitrogens is 3. The molecule has 0 saturated carbocycles. The molecule has 8 N–H and O–H groups in total. The standard InChI is InChI=1S/C56H69N8O14P3/c1-8-64-44-29-43-41(28-40(44)33(2)30-55(64,3)4)48(42-27-34-16-12-25-62-26-13-19-39(50(34)62)49(42)56(43,5)6)37-17-9-10-18-38(37)53(67)61(7)24-14-20-45(65)58-23-11-15-35-31-63(51-47(35)52(66)60-54(57)59-51)46-22-21-36(76-46)32-75-80(71,72)78-81(73,74)77-79(68,69)70/h9-10,17-18,27-29,31,33,36,46H,8,12-14,16,19-26,30,32H2,1-7H3,(H7-,57,58,59,60,65,66,68,69,70,71,72,73,74)/p+1/t33?,36-,46+/m0/s1. The molecule has 3 aromatic carbocycles. The highest BCUT2D eigenvalue weighted by Crippen LogP contribution is 2.66. The van der Waals surface area contributed by atoms with Crippen LogP contribution in [0.15, 0.2) is 53.5 Å². The SMILES string of the molecule is CCN1c2cc3c(cc2C(C)CC1(C)C)C(c1ccccc1C(=O)N(C)CCCC(=O)NCC#Cc1cn([C@H]2CC[C@@H](COP(=O)(O)OP(=O)(O)OP(=O)(O)O)O2)c2nc(N)[nH]c(=O)c12)=c1cc2c4c(c1C3(C)C)CCC[N+]=4CCC2. The molecule has 25 heteroatoms. The molecule has 10 rings (SSSR count). The number of nitrogen functional groups attached to an aromatic ring is 1. The molecule has 1 fully saturated rings. The van der Waals surface area contributed by atoms with Gasteiger partial charge in [0.15, 0.2) is 5.65 Å². The number of nitrogens with one attached hydrogen (secondary N) is 2. The first-order valence-electron chi connectivity index (χ1n) is 27.4. The molecule has 6 heterocycles. The van der Waals surface area contributed by atoms with E-state index in [-0.39, 0.29) is 71.1 Å². The quantitative estimate of drug-likeness (QED) is 0.0352. The van der Waals surface area contributed by atoms with E-state index < -0.39 is 48.0 Å². The lowest BCUT2D eigenvalue weighted by Gasteiger charge is -2.48. The molecule has 81 heavy (non-hydrogen) atoms. The molecule has 1 aliphatic carbocycles. The molecule has 5 atom stereocenters. The second-order valence-corrected chi connectivity index (χ2v) is 27.2. The summed E-state index contributed by atoms with van der Waals surface area (Å²) in [5, 5.41) is 5.53. The number of rotatable bonds is 16. The maximum atomic E-state index is 14.9. The van der Waals surface area contributed by atoms with E-state index in [0.29, 0.717) is 24.4 Å². The molecule has 0 radical (unpaired) electrons. The average Bonchev–Trinajstić information content (AvgIpc) is 4.22. The second-order valence-electron chi connectivity index (χ2n) is 22.8. The van der Waals surface area contributed by atoms with Crippen molar-refractivity contribution in [2.75, 3.05) is 57.0 Å². The Morgan fingerprint density at radius 1 is 1.01 bits per heavy atom. The zero-order valence-electron chi connectivity index (χ0n) is 46.5. The van der Waals surface area contributed by atoms with E-state index in [9.17, 15) is 37.9 Å². The number of phosphoric acid groups is 3. The molecule has 22 nitrogen and oxygen atoms in total. The molecule has 5 aromatic rings. The molecule has 4 aliphatic heterocycles. The van der Waals surface area contributed by atoms with Gasteiger partial charge in [-0.25, -0.2) is 18.3 Å². The third kappa shape index (κ3) is 11.7. The summed E-state index contributed by atoms with van der Waals surface area (Å²) in [6, 6.07) is 15.4. The van der Waals surface area contributed by atoms with Crippen LogP contribution in [0, 0.1) is 11.8 Å². The highest BCUT2D eigenvalue weighted by atomic mass is 31.3. The fraction of sp³-hybridized carbons (Fsp3) is 0.482. The van der Waals surface area contributed by atoms with Crippen LogP contribution in [0.25, 0.3) is 16.6 Å². The van der Waals surface area contributed by atoms with Crippen LogP contribution < -0.4 is 36.7 Å². The van der Waals surface area contributed by atoms with E-state index in [2.05, 4.69) is 111 Å². The monoisotopic (exact) mass is 1170 g/mol. The van der Waals surface area contributed by atoms with Crippen LogP contribution in [0.4, 0.5) is 11.6 Å². The summed E-state index contributed by atoms with van der Waals surface area (Å²) < 4.78 is 57.4. The van der Waals surface area contributed by atoms with Gasteiger partial charge in [0.25, 0.3) is 11.5 Å². The van der Waals surface area contributed by atoms with E-state index in [1.807, 2.05) is 18.2 Å². The predicted molar refractivity (Wildman–Crippen MR) is 304 cm³/mol. The van der Waals surface area contributed by atoms with Gasteiger partial charge in [0.2, 0.25) is 17.2 Å².